The molecule has 0 saturated carbocycles. The van der Waals surface area contributed by atoms with Crippen molar-refractivity contribution >= 4 is 49.8 Å². The molecule has 7 heteroatoms. The largest absolute Gasteiger partial charge is 0.373 e. The number of piperidine rings is 1. The number of rotatable bonds is 1. The Labute approximate surface area is 166 Å². The van der Waals surface area contributed by atoms with E-state index in [1.54, 1.807) is 6.07 Å². The standard InChI is InChI=1S/C21H19B2N3O2/c22-13-3-4-16-15(10-13)21(20(28)25-16)5-7-26(8-6-21)19(27)18-9-12-1-2-14(23)11-17(12)24-18/h1-4,10-11,18,24H,5-9H2,(H,25,28). The lowest BCUT2D eigenvalue weighted by Crippen LogP contribution is -2.51. The highest BCUT2D eigenvalue weighted by molar-refractivity contribution is 6.33. The van der Waals surface area contributed by atoms with Crippen LogP contribution in [0.3, 0.4) is 0 Å². The lowest BCUT2D eigenvalue weighted by molar-refractivity contribution is -0.135. The molecule has 5 nitrogen and oxygen atoms in total. The van der Waals surface area contributed by atoms with Gasteiger partial charge in [-0.2, -0.15) is 0 Å². The summed E-state index contributed by atoms with van der Waals surface area (Å²) in [6, 6.07) is 11.0. The van der Waals surface area contributed by atoms with Gasteiger partial charge < -0.3 is 15.5 Å². The first-order valence-electron chi connectivity index (χ1n) is 9.61. The molecule has 28 heavy (non-hydrogen) atoms. The Hall–Kier alpha value is -2.69. The molecule has 1 saturated heterocycles. The number of amides is 2. The normalized spacial score (nSPS) is 21.8. The van der Waals surface area contributed by atoms with Crippen molar-refractivity contribution in [3.8, 4) is 0 Å². The number of anilines is 2. The van der Waals surface area contributed by atoms with Crippen molar-refractivity contribution in [2.75, 3.05) is 23.7 Å². The van der Waals surface area contributed by atoms with Gasteiger partial charge in [-0.3, -0.25) is 9.59 Å². The first-order chi connectivity index (χ1) is 13.5. The molecule has 1 fully saturated rings. The van der Waals surface area contributed by atoms with E-state index in [1.807, 2.05) is 35.2 Å². The summed E-state index contributed by atoms with van der Waals surface area (Å²) in [5, 5.41) is 6.28. The molecule has 2 N–H and O–H groups in total. The van der Waals surface area contributed by atoms with E-state index in [4.69, 9.17) is 15.7 Å². The average Bonchev–Trinajstić information content (AvgIpc) is 3.22. The highest BCUT2D eigenvalue weighted by Crippen LogP contribution is 2.44. The maximum absolute atomic E-state index is 13.0. The van der Waals surface area contributed by atoms with Crippen LogP contribution < -0.4 is 21.6 Å². The molecule has 0 aromatic heterocycles. The van der Waals surface area contributed by atoms with Crippen molar-refractivity contribution in [3.63, 3.8) is 0 Å². The zero-order valence-electron chi connectivity index (χ0n) is 15.5. The number of benzene rings is 2. The van der Waals surface area contributed by atoms with Gasteiger partial charge in [-0.1, -0.05) is 35.2 Å². The Balaban J connectivity index is 1.31. The van der Waals surface area contributed by atoms with Crippen LogP contribution in [0.5, 0.6) is 0 Å². The smallest absolute Gasteiger partial charge is 0.245 e. The summed E-state index contributed by atoms with van der Waals surface area (Å²) in [6.45, 7) is 1.11. The van der Waals surface area contributed by atoms with Crippen LogP contribution in [-0.2, 0) is 21.4 Å². The topological polar surface area (TPSA) is 61.4 Å². The third-order valence-corrected chi connectivity index (χ3v) is 6.36. The number of carbonyl (C=O) groups is 2. The Kier molecular flexibility index (Phi) is 3.83. The van der Waals surface area contributed by atoms with Crippen molar-refractivity contribution < 1.29 is 9.59 Å². The maximum atomic E-state index is 13.0. The van der Waals surface area contributed by atoms with Gasteiger partial charge in [0.2, 0.25) is 11.8 Å². The summed E-state index contributed by atoms with van der Waals surface area (Å²) in [7, 11) is 11.8. The second-order valence-corrected chi connectivity index (χ2v) is 7.98. The fraction of sp³-hybridized carbons (Fsp3) is 0.333. The predicted octanol–water partition coefficient (Wildman–Crippen LogP) is 0.123. The number of nitrogens with one attached hydrogen (secondary N) is 2. The molecular formula is C21H19B2N3O2. The molecule has 2 amide bonds. The van der Waals surface area contributed by atoms with Gasteiger partial charge in [0.15, 0.2) is 0 Å². The molecule has 3 aliphatic rings. The van der Waals surface area contributed by atoms with Gasteiger partial charge in [0.25, 0.3) is 0 Å². The highest BCUT2D eigenvalue weighted by atomic mass is 16.2. The van der Waals surface area contributed by atoms with Crippen molar-refractivity contribution in [2.45, 2.75) is 30.7 Å². The molecule has 0 bridgehead atoms. The molecule has 3 aliphatic heterocycles. The van der Waals surface area contributed by atoms with Crippen LogP contribution in [0.4, 0.5) is 11.4 Å². The summed E-state index contributed by atoms with van der Waals surface area (Å²) in [6.07, 6.45) is 1.87. The Morgan fingerprint density at radius 1 is 1.04 bits per heavy atom. The van der Waals surface area contributed by atoms with Crippen LogP contribution in [0.25, 0.3) is 0 Å². The molecule has 136 valence electrons. The molecule has 5 rings (SSSR count). The molecule has 0 aliphatic carbocycles. The monoisotopic (exact) mass is 367 g/mol. The van der Waals surface area contributed by atoms with Crippen molar-refractivity contribution in [3.05, 3.63) is 47.5 Å². The Bertz CT molecular complexity index is 999. The van der Waals surface area contributed by atoms with Crippen molar-refractivity contribution in [1.29, 1.82) is 0 Å². The maximum Gasteiger partial charge on any atom is 0.245 e. The fourth-order valence-corrected chi connectivity index (χ4v) is 4.77. The molecule has 2 aromatic rings. The SMILES string of the molecule is [B]c1ccc2c(c1)NC(C(=O)N1CCC3(CC1)C(=O)Nc1ccc([B])cc13)C2. The second kappa shape index (κ2) is 6.16. The van der Waals surface area contributed by atoms with Gasteiger partial charge >= 0.3 is 0 Å². The number of fused-ring (bicyclic) bond motifs is 3. The first-order valence-corrected chi connectivity index (χ1v) is 9.61. The van der Waals surface area contributed by atoms with E-state index in [0.717, 1.165) is 22.5 Å². The molecule has 1 unspecified atom stereocenters. The van der Waals surface area contributed by atoms with E-state index < -0.39 is 5.41 Å². The van der Waals surface area contributed by atoms with Gasteiger partial charge in [0.1, 0.15) is 21.7 Å². The number of hydrogen-bond donors (Lipinski definition) is 2. The van der Waals surface area contributed by atoms with Crippen LogP contribution in [0.15, 0.2) is 36.4 Å². The number of carbonyl (C=O) groups excluding carboxylic acids is 2. The number of nitrogens with zero attached hydrogens (tertiary/aromatic N) is 1. The van der Waals surface area contributed by atoms with Crippen molar-refractivity contribution in [1.82, 2.24) is 4.90 Å². The molecular weight excluding hydrogens is 348 g/mol. The number of likely N-dealkylation sites (tertiary alicyclic amines) is 1. The second-order valence-electron chi connectivity index (χ2n) is 7.98. The van der Waals surface area contributed by atoms with Crippen LogP contribution >= 0.6 is 0 Å². The van der Waals surface area contributed by atoms with Gasteiger partial charge in [0.05, 0.1) is 5.41 Å². The summed E-state index contributed by atoms with van der Waals surface area (Å²) in [5.41, 5.74) is 4.61. The Morgan fingerprint density at radius 2 is 1.75 bits per heavy atom. The van der Waals surface area contributed by atoms with E-state index in [1.165, 1.54) is 0 Å². The van der Waals surface area contributed by atoms with Gasteiger partial charge in [-0.05, 0) is 36.1 Å². The third kappa shape index (κ3) is 2.56. The quantitative estimate of drug-likeness (QED) is 0.705. The van der Waals surface area contributed by atoms with Crippen LogP contribution in [0.2, 0.25) is 0 Å². The molecule has 3 heterocycles. The van der Waals surface area contributed by atoms with Crippen molar-refractivity contribution in [2.24, 2.45) is 0 Å². The van der Waals surface area contributed by atoms with Gasteiger partial charge in [-0.15, -0.1) is 0 Å². The fourth-order valence-electron chi connectivity index (χ4n) is 4.77. The third-order valence-electron chi connectivity index (χ3n) is 6.36. The molecule has 1 spiro atoms. The van der Waals surface area contributed by atoms with Crippen LogP contribution in [-0.4, -0.2) is 51.5 Å². The first kappa shape index (κ1) is 17.4. The highest BCUT2D eigenvalue weighted by Gasteiger charge is 2.49. The van der Waals surface area contributed by atoms with Crippen LogP contribution in [0, 0.1) is 0 Å². The van der Waals surface area contributed by atoms with Crippen LogP contribution in [0.1, 0.15) is 24.0 Å². The van der Waals surface area contributed by atoms with Gasteiger partial charge in [0, 0.05) is 30.9 Å². The summed E-state index contributed by atoms with van der Waals surface area (Å²) >= 11 is 0. The van der Waals surface area contributed by atoms with E-state index in [9.17, 15) is 9.59 Å². The average molecular weight is 367 g/mol. The minimum Gasteiger partial charge on any atom is -0.373 e. The van der Waals surface area contributed by atoms with E-state index in [2.05, 4.69) is 10.6 Å². The zero-order chi connectivity index (χ0) is 19.5. The summed E-state index contributed by atoms with van der Waals surface area (Å²) in [4.78, 5) is 27.7. The summed E-state index contributed by atoms with van der Waals surface area (Å²) < 4.78 is 0. The minimum atomic E-state index is -0.581. The van der Waals surface area contributed by atoms with Gasteiger partial charge in [-0.25, -0.2) is 0 Å². The van der Waals surface area contributed by atoms with E-state index in [0.29, 0.717) is 43.3 Å². The lowest BCUT2D eigenvalue weighted by atomic mass is 9.72. The zero-order valence-corrected chi connectivity index (χ0v) is 15.5. The molecule has 2 aromatic carbocycles. The lowest BCUT2D eigenvalue weighted by Gasteiger charge is -2.39. The van der Waals surface area contributed by atoms with E-state index in [-0.39, 0.29) is 17.9 Å². The molecule has 4 radical (unpaired) electrons. The Morgan fingerprint density at radius 3 is 2.54 bits per heavy atom. The molecule has 1 atom stereocenters. The predicted molar refractivity (Wildman–Crippen MR) is 111 cm³/mol. The summed E-state index contributed by atoms with van der Waals surface area (Å²) in [5.74, 6) is 0.0953. The van der Waals surface area contributed by atoms with E-state index >= 15 is 0 Å². The minimum absolute atomic E-state index is 0.0158. The number of hydrogen-bond acceptors (Lipinski definition) is 3.